The maximum absolute atomic E-state index is 12.6. The standard InChI is InChI=1S/C18H14F3N3O2S/c19-18(20,21)13-8-6-12(7-9-13)16-23-24-17(26-16)22-15(25)10-11-27-14-4-2-1-3-5-14/h1-9H,10-11H2,(H,22,24,25). The molecule has 0 aliphatic heterocycles. The van der Waals surface area contributed by atoms with Gasteiger partial charge in [0.25, 0.3) is 0 Å². The molecule has 2 aromatic carbocycles. The summed E-state index contributed by atoms with van der Waals surface area (Å²) < 4.78 is 43.0. The third-order valence-corrected chi connectivity index (χ3v) is 4.49. The number of hydrogen-bond donors (Lipinski definition) is 1. The van der Waals surface area contributed by atoms with Crippen molar-refractivity contribution in [2.75, 3.05) is 11.1 Å². The van der Waals surface area contributed by atoms with E-state index in [-0.39, 0.29) is 24.2 Å². The van der Waals surface area contributed by atoms with Crippen LogP contribution in [0.2, 0.25) is 0 Å². The molecule has 0 saturated carbocycles. The number of halogens is 3. The normalized spacial score (nSPS) is 11.4. The van der Waals surface area contributed by atoms with Crippen molar-refractivity contribution in [3.8, 4) is 11.5 Å². The summed E-state index contributed by atoms with van der Waals surface area (Å²) in [7, 11) is 0. The third kappa shape index (κ3) is 5.33. The minimum atomic E-state index is -4.41. The monoisotopic (exact) mass is 393 g/mol. The fourth-order valence-electron chi connectivity index (χ4n) is 2.15. The first-order chi connectivity index (χ1) is 12.9. The van der Waals surface area contributed by atoms with E-state index in [1.807, 2.05) is 30.3 Å². The zero-order chi connectivity index (χ0) is 19.3. The molecule has 0 aliphatic rings. The van der Waals surface area contributed by atoms with Crippen molar-refractivity contribution >= 4 is 23.7 Å². The smallest absolute Gasteiger partial charge is 0.403 e. The molecule has 0 bridgehead atoms. The molecular formula is C18H14F3N3O2S. The molecule has 0 atom stereocenters. The van der Waals surface area contributed by atoms with Crippen molar-refractivity contribution in [3.05, 3.63) is 60.2 Å². The highest BCUT2D eigenvalue weighted by Crippen LogP contribution is 2.31. The second-order valence-electron chi connectivity index (χ2n) is 5.45. The molecule has 0 saturated heterocycles. The first-order valence-electron chi connectivity index (χ1n) is 7.90. The van der Waals surface area contributed by atoms with Gasteiger partial charge in [0.2, 0.25) is 11.8 Å². The lowest BCUT2D eigenvalue weighted by Gasteiger charge is -2.05. The van der Waals surface area contributed by atoms with Crippen molar-refractivity contribution in [1.29, 1.82) is 0 Å². The van der Waals surface area contributed by atoms with Crippen molar-refractivity contribution in [2.24, 2.45) is 0 Å². The molecule has 0 aliphatic carbocycles. The zero-order valence-corrected chi connectivity index (χ0v) is 14.7. The molecule has 5 nitrogen and oxygen atoms in total. The third-order valence-electron chi connectivity index (χ3n) is 3.47. The van der Waals surface area contributed by atoms with Gasteiger partial charge in [-0.05, 0) is 36.4 Å². The topological polar surface area (TPSA) is 68.0 Å². The first-order valence-corrected chi connectivity index (χ1v) is 8.89. The Bertz CT molecular complexity index is 896. The minimum Gasteiger partial charge on any atom is -0.403 e. The van der Waals surface area contributed by atoms with Crippen LogP contribution in [-0.4, -0.2) is 21.9 Å². The summed E-state index contributed by atoms with van der Waals surface area (Å²) in [6, 6.07) is 13.9. The van der Waals surface area contributed by atoms with E-state index in [0.717, 1.165) is 17.0 Å². The summed E-state index contributed by atoms with van der Waals surface area (Å²) in [6.07, 6.45) is -4.16. The van der Waals surface area contributed by atoms with E-state index in [4.69, 9.17) is 4.42 Å². The average Bonchev–Trinajstić information content (AvgIpc) is 3.10. The SMILES string of the molecule is O=C(CCSc1ccccc1)Nc1nnc(-c2ccc(C(F)(F)F)cc2)o1. The van der Waals surface area contributed by atoms with Gasteiger partial charge >= 0.3 is 12.2 Å². The maximum Gasteiger partial charge on any atom is 0.416 e. The molecule has 1 aromatic heterocycles. The number of carbonyl (C=O) groups excluding carboxylic acids is 1. The van der Waals surface area contributed by atoms with E-state index < -0.39 is 11.7 Å². The molecule has 3 rings (SSSR count). The van der Waals surface area contributed by atoms with Gasteiger partial charge in [-0.2, -0.15) is 13.2 Å². The Labute approximate surface area is 157 Å². The number of anilines is 1. The van der Waals surface area contributed by atoms with Crippen LogP contribution in [0, 0.1) is 0 Å². The molecule has 0 spiro atoms. The van der Waals surface area contributed by atoms with Crippen LogP contribution in [0.4, 0.5) is 19.2 Å². The Morgan fingerprint density at radius 2 is 1.74 bits per heavy atom. The predicted octanol–water partition coefficient (Wildman–Crippen LogP) is 4.88. The number of amides is 1. The number of hydrogen-bond acceptors (Lipinski definition) is 5. The van der Waals surface area contributed by atoms with Crippen molar-refractivity contribution in [3.63, 3.8) is 0 Å². The van der Waals surface area contributed by atoms with Gasteiger partial charge in [-0.1, -0.05) is 23.3 Å². The van der Waals surface area contributed by atoms with Crippen molar-refractivity contribution in [2.45, 2.75) is 17.5 Å². The Morgan fingerprint density at radius 3 is 2.41 bits per heavy atom. The van der Waals surface area contributed by atoms with Crippen molar-refractivity contribution < 1.29 is 22.4 Å². The Balaban J connectivity index is 1.53. The van der Waals surface area contributed by atoms with Crippen LogP contribution in [0.3, 0.4) is 0 Å². The summed E-state index contributed by atoms with van der Waals surface area (Å²) in [5.74, 6) is 0.314. The summed E-state index contributed by atoms with van der Waals surface area (Å²) in [4.78, 5) is 13.0. The van der Waals surface area contributed by atoms with E-state index in [1.54, 1.807) is 11.8 Å². The number of rotatable bonds is 6. The van der Waals surface area contributed by atoms with Gasteiger partial charge in [-0.25, -0.2) is 0 Å². The van der Waals surface area contributed by atoms with Crippen LogP contribution in [0.15, 0.2) is 63.9 Å². The molecule has 0 radical (unpaired) electrons. The highest BCUT2D eigenvalue weighted by atomic mass is 32.2. The molecule has 1 amide bonds. The van der Waals surface area contributed by atoms with E-state index in [0.29, 0.717) is 11.3 Å². The largest absolute Gasteiger partial charge is 0.416 e. The van der Waals surface area contributed by atoms with Crippen LogP contribution < -0.4 is 5.32 Å². The fraction of sp³-hybridized carbons (Fsp3) is 0.167. The van der Waals surface area contributed by atoms with Gasteiger partial charge in [0.15, 0.2) is 0 Å². The number of alkyl halides is 3. The maximum atomic E-state index is 12.6. The Kier molecular flexibility index (Phi) is 5.80. The van der Waals surface area contributed by atoms with Crippen LogP contribution in [0.5, 0.6) is 0 Å². The molecule has 1 heterocycles. The number of benzene rings is 2. The van der Waals surface area contributed by atoms with Crippen molar-refractivity contribution in [1.82, 2.24) is 10.2 Å². The van der Waals surface area contributed by atoms with Crippen LogP contribution in [0.1, 0.15) is 12.0 Å². The van der Waals surface area contributed by atoms with E-state index in [2.05, 4.69) is 15.5 Å². The molecule has 9 heteroatoms. The number of nitrogens with zero attached hydrogens (tertiary/aromatic N) is 2. The quantitative estimate of drug-likeness (QED) is 0.605. The van der Waals surface area contributed by atoms with Crippen LogP contribution >= 0.6 is 11.8 Å². The molecule has 3 aromatic rings. The van der Waals surface area contributed by atoms with Gasteiger partial charge < -0.3 is 4.42 Å². The molecule has 27 heavy (non-hydrogen) atoms. The molecule has 0 fully saturated rings. The average molecular weight is 393 g/mol. The van der Waals surface area contributed by atoms with E-state index in [1.165, 1.54) is 12.1 Å². The minimum absolute atomic E-state index is 0.0256. The highest BCUT2D eigenvalue weighted by molar-refractivity contribution is 7.99. The van der Waals surface area contributed by atoms with Crippen LogP contribution in [-0.2, 0) is 11.0 Å². The van der Waals surface area contributed by atoms with Gasteiger partial charge in [0.1, 0.15) is 0 Å². The second-order valence-corrected chi connectivity index (χ2v) is 6.62. The predicted molar refractivity (Wildman–Crippen MR) is 95.1 cm³/mol. The van der Waals surface area contributed by atoms with E-state index in [9.17, 15) is 18.0 Å². The highest BCUT2D eigenvalue weighted by Gasteiger charge is 2.30. The number of thioether (sulfide) groups is 1. The van der Waals surface area contributed by atoms with Gasteiger partial charge in [0.05, 0.1) is 5.56 Å². The summed E-state index contributed by atoms with van der Waals surface area (Å²) in [6.45, 7) is 0. The molecule has 1 N–H and O–H groups in total. The van der Waals surface area contributed by atoms with Gasteiger partial charge in [0, 0.05) is 22.6 Å². The molecular weight excluding hydrogens is 379 g/mol. The van der Waals surface area contributed by atoms with Gasteiger partial charge in [-0.15, -0.1) is 16.9 Å². The lowest BCUT2D eigenvalue weighted by Crippen LogP contribution is -2.12. The summed E-state index contributed by atoms with van der Waals surface area (Å²) in [5.41, 5.74) is -0.439. The lowest BCUT2D eigenvalue weighted by atomic mass is 10.1. The Hall–Kier alpha value is -2.81. The molecule has 140 valence electrons. The summed E-state index contributed by atoms with van der Waals surface area (Å²) >= 11 is 1.55. The lowest BCUT2D eigenvalue weighted by molar-refractivity contribution is -0.137. The number of aromatic nitrogens is 2. The second kappa shape index (κ2) is 8.26. The van der Waals surface area contributed by atoms with Gasteiger partial charge in [-0.3, -0.25) is 10.1 Å². The summed E-state index contributed by atoms with van der Waals surface area (Å²) in [5, 5.41) is 9.92. The fourth-order valence-corrected chi connectivity index (χ4v) is 3.02. The Morgan fingerprint density at radius 1 is 1.04 bits per heavy atom. The first kappa shape index (κ1) is 19.0. The number of nitrogens with one attached hydrogen (secondary N) is 1. The van der Waals surface area contributed by atoms with Crippen LogP contribution in [0.25, 0.3) is 11.5 Å². The zero-order valence-electron chi connectivity index (χ0n) is 13.9. The molecule has 0 unspecified atom stereocenters. The number of carbonyl (C=O) groups is 1. The van der Waals surface area contributed by atoms with E-state index >= 15 is 0 Å².